The summed E-state index contributed by atoms with van der Waals surface area (Å²) in [5.74, 6) is 1.52. The highest BCUT2D eigenvalue weighted by Gasteiger charge is 2.05. The van der Waals surface area contributed by atoms with Crippen LogP contribution in [0.25, 0.3) is 0 Å². The van der Waals surface area contributed by atoms with E-state index in [1.54, 1.807) is 14.2 Å². The molecule has 96 valence electrons. The number of benzene rings is 1. The van der Waals surface area contributed by atoms with E-state index in [0.717, 1.165) is 24.6 Å². The zero-order valence-corrected chi connectivity index (χ0v) is 10.8. The predicted molar refractivity (Wildman–Crippen MR) is 67.7 cm³/mol. The average molecular weight is 239 g/mol. The van der Waals surface area contributed by atoms with Crippen LogP contribution in [0.4, 0.5) is 0 Å². The van der Waals surface area contributed by atoms with E-state index in [0.29, 0.717) is 13.2 Å². The highest BCUT2D eigenvalue weighted by Crippen LogP contribution is 2.27. The Morgan fingerprint density at radius 2 is 1.94 bits per heavy atom. The number of hydrogen-bond donors (Lipinski definition) is 1. The summed E-state index contributed by atoms with van der Waals surface area (Å²) in [7, 11) is 3.30. The van der Waals surface area contributed by atoms with Gasteiger partial charge in [0.15, 0.2) is 11.5 Å². The van der Waals surface area contributed by atoms with Crippen LogP contribution in [0.15, 0.2) is 18.2 Å². The topological polar surface area (TPSA) is 39.7 Å². The summed E-state index contributed by atoms with van der Waals surface area (Å²) in [6, 6.07) is 5.96. The van der Waals surface area contributed by atoms with E-state index in [1.165, 1.54) is 5.56 Å². The monoisotopic (exact) mass is 239 g/mol. The van der Waals surface area contributed by atoms with Gasteiger partial charge in [-0.3, -0.25) is 0 Å². The van der Waals surface area contributed by atoms with Gasteiger partial charge < -0.3 is 19.5 Å². The smallest absolute Gasteiger partial charge is 0.161 e. The first-order valence-corrected chi connectivity index (χ1v) is 5.81. The molecule has 1 aromatic rings. The first kappa shape index (κ1) is 13.8. The van der Waals surface area contributed by atoms with E-state index in [4.69, 9.17) is 14.2 Å². The van der Waals surface area contributed by atoms with Crippen molar-refractivity contribution in [1.29, 1.82) is 0 Å². The lowest BCUT2D eigenvalue weighted by molar-refractivity contribution is 0.144. The Labute approximate surface area is 103 Å². The molecule has 4 nitrogen and oxygen atoms in total. The summed E-state index contributed by atoms with van der Waals surface area (Å²) in [6.45, 7) is 4.97. The fourth-order valence-electron chi connectivity index (χ4n) is 1.45. The Hall–Kier alpha value is -1.26. The summed E-state index contributed by atoms with van der Waals surface area (Å²) in [6.07, 6.45) is 0. The SMILES string of the molecule is CCNCc1ccc(OCCOC)c(OC)c1. The fraction of sp³-hybridized carbons (Fsp3) is 0.538. The molecule has 1 rings (SSSR count). The van der Waals surface area contributed by atoms with Gasteiger partial charge in [0.05, 0.1) is 13.7 Å². The third kappa shape index (κ3) is 4.63. The Bertz CT molecular complexity index is 328. The van der Waals surface area contributed by atoms with Crippen molar-refractivity contribution >= 4 is 0 Å². The number of ether oxygens (including phenoxy) is 3. The van der Waals surface area contributed by atoms with Gasteiger partial charge in [-0.15, -0.1) is 0 Å². The molecule has 4 heteroatoms. The van der Waals surface area contributed by atoms with Crippen molar-refractivity contribution in [2.45, 2.75) is 13.5 Å². The fourth-order valence-corrected chi connectivity index (χ4v) is 1.45. The molecule has 0 saturated carbocycles. The first-order chi connectivity index (χ1) is 8.31. The molecule has 0 radical (unpaired) electrons. The van der Waals surface area contributed by atoms with Crippen molar-refractivity contribution in [2.24, 2.45) is 0 Å². The maximum atomic E-state index is 5.56. The van der Waals surface area contributed by atoms with Gasteiger partial charge in [0, 0.05) is 13.7 Å². The van der Waals surface area contributed by atoms with Crippen molar-refractivity contribution in [3.8, 4) is 11.5 Å². The molecule has 0 bridgehead atoms. The minimum absolute atomic E-state index is 0.527. The zero-order valence-electron chi connectivity index (χ0n) is 10.8. The van der Waals surface area contributed by atoms with Crippen LogP contribution >= 0.6 is 0 Å². The molecule has 0 aromatic heterocycles. The lowest BCUT2D eigenvalue weighted by atomic mass is 10.2. The van der Waals surface area contributed by atoms with E-state index in [1.807, 2.05) is 18.2 Å². The van der Waals surface area contributed by atoms with Crippen LogP contribution in [0.5, 0.6) is 11.5 Å². The van der Waals surface area contributed by atoms with Gasteiger partial charge in [-0.2, -0.15) is 0 Å². The second-order valence-corrected chi connectivity index (χ2v) is 3.61. The molecule has 0 aliphatic rings. The highest BCUT2D eigenvalue weighted by atomic mass is 16.5. The second kappa shape index (κ2) is 7.92. The molecule has 0 unspecified atom stereocenters. The van der Waals surface area contributed by atoms with E-state index >= 15 is 0 Å². The van der Waals surface area contributed by atoms with Crippen molar-refractivity contribution in [2.75, 3.05) is 34.0 Å². The zero-order chi connectivity index (χ0) is 12.5. The molecule has 0 atom stereocenters. The summed E-state index contributed by atoms with van der Waals surface area (Å²) in [4.78, 5) is 0. The van der Waals surface area contributed by atoms with Crippen molar-refractivity contribution in [1.82, 2.24) is 5.32 Å². The summed E-state index contributed by atoms with van der Waals surface area (Å²) >= 11 is 0. The van der Waals surface area contributed by atoms with Crippen LogP contribution in [0.1, 0.15) is 12.5 Å². The van der Waals surface area contributed by atoms with Gasteiger partial charge >= 0.3 is 0 Å². The standard InChI is InChI=1S/C13H21NO3/c1-4-14-10-11-5-6-12(13(9-11)16-3)17-8-7-15-2/h5-6,9,14H,4,7-8,10H2,1-3H3. The number of hydrogen-bond acceptors (Lipinski definition) is 4. The summed E-state index contributed by atoms with van der Waals surface area (Å²) < 4.78 is 15.8. The quantitative estimate of drug-likeness (QED) is 0.703. The molecule has 0 aliphatic heterocycles. The average Bonchev–Trinajstić information content (AvgIpc) is 2.37. The molecule has 0 spiro atoms. The van der Waals surface area contributed by atoms with Gasteiger partial charge in [0.1, 0.15) is 6.61 Å². The molecule has 0 fully saturated rings. The van der Waals surface area contributed by atoms with Gasteiger partial charge in [-0.1, -0.05) is 13.0 Å². The van der Waals surface area contributed by atoms with E-state index in [2.05, 4.69) is 12.2 Å². The third-order valence-corrected chi connectivity index (χ3v) is 2.35. The number of nitrogens with one attached hydrogen (secondary N) is 1. The molecule has 17 heavy (non-hydrogen) atoms. The lowest BCUT2D eigenvalue weighted by Crippen LogP contribution is -2.12. The molecule has 1 aromatic carbocycles. The molecule has 0 heterocycles. The van der Waals surface area contributed by atoms with Crippen LogP contribution in [0, 0.1) is 0 Å². The Balaban J connectivity index is 2.64. The minimum atomic E-state index is 0.527. The van der Waals surface area contributed by atoms with Crippen LogP contribution in [0.2, 0.25) is 0 Å². The van der Waals surface area contributed by atoms with Crippen LogP contribution < -0.4 is 14.8 Å². The molecular weight excluding hydrogens is 218 g/mol. The molecular formula is C13H21NO3. The van der Waals surface area contributed by atoms with Crippen molar-refractivity contribution in [3.63, 3.8) is 0 Å². The number of methoxy groups -OCH3 is 2. The maximum absolute atomic E-state index is 5.56. The highest BCUT2D eigenvalue weighted by molar-refractivity contribution is 5.42. The van der Waals surface area contributed by atoms with Crippen LogP contribution in [-0.4, -0.2) is 34.0 Å². The van der Waals surface area contributed by atoms with E-state index in [-0.39, 0.29) is 0 Å². The normalized spacial score (nSPS) is 10.3. The Morgan fingerprint density at radius 3 is 2.59 bits per heavy atom. The van der Waals surface area contributed by atoms with Gasteiger partial charge in [0.2, 0.25) is 0 Å². The summed E-state index contributed by atoms with van der Waals surface area (Å²) in [5, 5.41) is 3.27. The summed E-state index contributed by atoms with van der Waals surface area (Å²) in [5.41, 5.74) is 1.18. The molecule has 1 N–H and O–H groups in total. The van der Waals surface area contributed by atoms with Crippen molar-refractivity contribution < 1.29 is 14.2 Å². The Morgan fingerprint density at radius 1 is 1.12 bits per heavy atom. The van der Waals surface area contributed by atoms with E-state index < -0.39 is 0 Å². The first-order valence-electron chi connectivity index (χ1n) is 5.81. The van der Waals surface area contributed by atoms with Crippen LogP contribution in [-0.2, 0) is 11.3 Å². The number of rotatable bonds is 8. The minimum Gasteiger partial charge on any atom is -0.493 e. The maximum Gasteiger partial charge on any atom is 0.161 e. The van der Waals surface area contributed by atoms with Gasteiger partial charge in [0.25, 0.3) is 0 Å². The second-order valence-electron chi connectivity index (χ2n) is 3.61. The molecule has 0 amide bonds. The third-order valence-electron chi connectivity index (χ3n) is 2.35. The van der Waals surface area contributed by atoms with Gasteiger partial charge in [-0.05, 0) is 24.2 Å². The molecule has 0 aliphatic carbocycles. The van der Waals surface area contributed by atoms with Crippen LogP contribution in [0.3, 0.4) is 0 Å². The lowest BCUT2D eigenvalue weighted by Gasteiger charge is -2.12. The Kier molecular flexibility index (Phi) is 6.43. The molecule has 0 saturated heterocycles. The largest absolute Gasteiger partial charge is 0.493 e. The predicted octanol–water partition coefficient (Wildman–Crippen LogP) is 1.83. The van der Waals surface area contributed by atoms with Crippen molar-refractivity contribution in [3.05, 3.63) is 23.8 Å². The van der Waals surface area contributed by atoms with Gasteiger partial charge in [-0.25, -0.2) is 0 Å². The van der Waals surface area contributed by atoms with E-state index in [9.17, 15) is 0 Å².